The van der Waals surface area contributed by atoms with Crippen LogP contribution in [0.3, 0.4) is 0 Å². The van der Waals surface area contributed by atoms with Crippen LogP contribution in [-0.4, -0.2) is 108 Å². The van der Waals surface area contributed by atoms with E-state index in [4.69, 9.17) is 17.9 Å². The molecule has 0 saturated heterocycles. The summed E-state index contributed by atoms with van der Waals surface area (Å²) in [5.74, 6) is -3.88. The van der Waals surface area contributed by atoms with Gasteiger partial charge in [-0.2, -0.15) is 0 Å². The molecule has 0 aliphatic rings. The number of hydrogen-bond acceptors (Lipinski definition) is 15. The quantitative estimate of drug-likeness (QED) is 0.00612. The Morgan fingerprint density at radius 1 is 0.566 bits per heavy atom. The summed E-state index contributed by atoms with van der Waals surface area (Å²) >= 11 is 0. The van der Waals surface area contributed by atoms with Crippen molar-refractivity contribution in [2.24, 2.45) is 11.8 Å². The molecule has 76 heavy (non-hydrogen) atoms. The topological polar surface area (TPSA) is 317 Å². The standard InChI is InChI=1S/C52H71N8O15P/c1-7-11-13-15-39(41(9-3)59(69)31-61)49(65)53-27-55-51(67)45-23-21-43(74-45)35-17-19-37(33(5)25-35)47(63)57-29-72-76(71)73-30-58-48(64)38-20-18-36(26-34(38)6)44-22-24-46(75-44)52(68)56-28-54-50(66)40(16-14-12-8-2)42(10-4)60(70)32-62/h17-26,31-32,39-42,69-70,76H,7-16,27-30H2,1-6H3,(H,53,65)(H,54,66)(H,55,67)(H,56,68)(H,57,63)(H,58,64)/t39-,40-,41-,42-/m1/s1. The number of carbonyl (C=O) groups is 8. The van der Waals surface area contributed by atoms with Gasteiger partial charge in [-0.1, -0.05) is 78.4 Å². The number of amides is 8. The summed E-state index contributed by atoms with van der Waals surface area (Å²) < 4.78 is 34.3. The number of hydroxylamine groups is 4. The fourth-order valence-corrected chi connectivity index (χ4v) is 8.94. The largest absolute Gasteiger partial charge is 0.451 e. The molecule has 0 fully saturated rings. The van der Waals surface area contributed by atoms with Gasteiger partial charge in [-0.15, -0.1) is 0 Å². The van der Waals surface area contributed by atoms with Crippen LogP contribution in [-0.2, 0) is 32.8 Å². The van der Waals surface area contributed by atoms with Crippen LogP contribution in [0.15, 0.2) is 69.5 Å². The summed E-state index contributed by atoms with van der Waals surface area (Å²) in [5, 5.41) is 36.6. The second-order valence-electron chi connectivity index (χ2n) is 17.8. The van der Waals surface area contributed by atoms with Crippen molar-refractivity contribution in [3.63, 3.8) is 0 Å². The molecule has 8 N–H and O–H groups in total. The molecule has 2 aromatic carbocycles. The van der Waals surface area contributed by atoms with Crippen LogP contribution in [0.1, 0.15) is 145 Å². The van der Waals surface area contributed by atoms with E-state index in [0.29, 0.717) is 69.6 Å². The molecule has 23 nitrogen and oxygen atoms in total. The average Bonchev–Trinajstić information content (AvgIpc) is 4.12. The van der Waals surface area contributed by atoms with E-state index in [-0.39, 0.29) is 48.8 Å². The number of aryl methyl sites for hydroxylation is 2. The van der Waals surface area contributed by atoms with E-state index in [1.54, 1.807) is 64.1 Å². The lowest BCUT2D eigenvalue weighted by molar-refractivity contribution is -0.169. The minimum absolute atomic E-state index is 0.0334. The lowest BCUT2D eigenvalue weighted by Gasteiger charge is -2.29. The number of hydrogen-bond donors (Lipinski definition) is 8. The summed E-state index contributed by atoms with van der Waals surface area (Å²) in [6.45, 7) is 9.55. The fourth-order valence-electron chi connectivity index (χ4n) is 8.48. The van der Waals surface area contributed by atoms with Crippen molar-refractivity contribution in [1.82, 2.24) is 42.0 Å². The average molecular weight is 1080 g/mol. The zero-order chi connectivity index (χ0) is 55.7. The third kappa shape index (κ3) is 18.0. The number of nitrogens with one attached hydrogen (secondary N) is 6. The molecular formula is C52H71N8O15P. The Balaban J connectivity index is 1.19. The molecule has 2 aromatic heterocycles. The highest BCUT2D eigenvalue weighted by molar-refractivity contribution is 7.33. The van der Waals surface area contributed by atoms with Gasteiger partial charge in [0.25, 0.3) is 23.6 Å². The van der Waals surface area contributed by atoms with E-state index in [0.717, 1.165) is 38.5 Å². The molecule has 4 aromatic rings. The first kappa shape index (κ1) is 61.4. The van der Waals surface area contributed by atoms with Gasteiger partial charge >= 0.3 is 8.25 Å². The summed E-state index contributed by atoms with van der Waals surface area (Å²) in [4.78, 5) is 100. The lowest BCUT2D eigenvalue weighted by Crippen LogP contribution is -2.47. The minimum Gasteiger partial charge on any atom is -0.451 e. The molecule has 0 spiro atoms. The predicted octanol–water partition coefficient (Wildman–Crippen LogP) is 6.57. The number of furan rings is 2. The zero-order valence-corrected chi connectivity index (χ0v) is 44.7. The monoisotopic (exact) mass is 1080 g/mol. The van der Waals surface area contributed by atoms with E-state index >= 15 is 0 Å². The molecule has 0 bridgehead atoms. The normalized spacial score (nSPS) is 12.6. The van der Waals surface area contributed by atoms with E-state index in [9.17, 15) is 53.3 Å². The number of rotatable bonds is 34. The van der Waals surface area contributed by atoms with Gasteiger partial charge < -0.3 is 40.7 Å². The number of benzene rings is 2. The van der Waals surface area contributed by atoms with Gasteiger partial charge in [0.15, 0.2) is 11.5 Å². The predicted molar refractivity (Wildman–Crippen MR) is 277 cm³/mol. The van der Waals surface area contributed by atoms with Gasteiger partial charge in [0, 0.05) is 22.3 Å². The van der Waals surface area contributed by atoms with Crippen LogP contribution < -0.4 is 31.9 Å². The summed E-state index contributed by atoms with van der Waals surface area (Å²) in [7, 11) is -3.17. The zero-order valence-electron chi connectivity index (χ0n) is 43.7. The maximum Gasteiger partial charge on any atom is 0.322 e. The molecule has 8 amide bonds. The molecule has 0 unspecified atom stereocenters. The molecule has 0 saturated carbocycles. The van der Waals surface area contributed by atoms with Crippen LogP contribution in [0.5, 0.6) is 0 Å². The maximum atomic E-state index is 13.1. The summed E-state index contributed by atoms with van der Waals surface area (Å²) in [6.07, 6.45) is 7.20. The van der Waals surface area contributed by atoms with Crippen molar-refractivity contribution >= 4 is 56.5 Å². The minimum atomic E-state index is -3.17. The van der Waals surface area contributed by atoms with Crippen LogP contribution in [0.25, 0.3) is 22.6 Å². The van der Waals surface area contributed by atoms with Crippen LogP contribution in [0.4, 0.5) is 0 Å². The smallest absolute Gasteiger partial charge is 0.322 e. The first-order chi connectivity index (χ1) is 36.5. The number of carbonyl (C=O) groups excluding carboxylic acids is 8. The molecule has 0 aliphatic carbocycles. The second-order valence-corrected chi connectivity index (χ2v) is 18.9. The Bertz CT molecular complexity index is 2450. The van der Waals surface area contributed by atoms with Crippen molar-refractivity contribution in [3.05, 3.63) is 94.4 Å². The third-order valence-electron chi connectivity index (χ3n) is 12.6. The third-order valence-corrected chi connectivity index (χ3v) is 13.4. The van der Waals surface area contributed by atoms with E-state index in [1.807, 2.05) is 13.8 Å². The van der Waals surface area contributed by atoms with Crippen molar-refractivity contribution in [2.45, 2.75) is 118 Å². The first-order valence-corrected chi connectivity index (χ1v) is 26.5. The van der Waals surface area contributed by atoms with Gasteiger partial charge in [-0.25, -0.2) is 10.1 Å². The molecule has 24 heteroatoms. The Morgan fingerprint density at radius 3 is 1.30 bits per heavy atom. The van der Waals surface area contributed by atoms with Gasteiger partial charge in [-0.05, 0) is 99.2 Å². The highest BCUT2D eigenvalue weighted by Crippen LogP contribution is 2.28. The van der Waals surface area contributed by atoms with Crippen LogP contribution >= 0.6 is 8.25 Å². The molecule has 4 atom stereocenters. The van der Waals surface area contributed by atoms with Gasteiger partial charge in [0.1, 0.15) is 25.0 Å². The van der Waals surface area contributed by atoms with Crippen molar-refractivity contribution in [3.8, 4) is 22.6 Å². The van der Waals surface area contributed by atoms with E-state index in [2.05, 4.69) is 31.9 Å². The van der Waals surface area contributed by atoms with Crippen molar-refractivity contribution in [1.29, 1.82) is 0 Å². The first-order valence-electron chi connectivity index (χ1n) is 25.3. The molecular weight excluding hydrogens is 1010 g/mol. The van der Waals surface area contributed by atoms with Gasteiger partial charge in [0.2, 0.25) is 24.6 Å². The molecule has 0 aliphatic heterocycles. The highest BCUT2D eigenvalue weighted by atomic mass is 31.1. The Kier molecular flexibility index (Phi) is 25.6. The Hall–Kier alpha value is -7.17. The van der Waals surface area contributed by atoms with E-state index in [1.165, 1.54) is 24.3 Å². The SMILES string of the molecule is CCCCC[C@@H](C(=O)NCNC(=O)c1ccc(-c2ccc(C(=O)NCO[PH](=O)OCNC(=O)c3ccc(-c4ccc(C(=O)NCNC(=O)[C@H](CCCCC)[C@@H](CC)N(O)C=O)o4)cc3C)c(C)c2)o1)[C@@H](CC)N(O)C=O. The lowest BCUT2D eigenvalue weighted by atomic mass is 9.90. The molecule has 2 heterocycles. The highest BCUT2D eigenvalue weighted by Gasteiger charge is 2.32. The van der Waals surface area contributed by atoms with Crippen LogP contribution in [0, 0.1) is 25.7 Å². The molecule has 414 valence electrons. The van der Waals surface area contributed by atoms with Gasteiger partial charge in [-0.3, -0.25) is 62.4 Å². The van der Waals surface area contributed by atoms with Gasteiger partial charge in [0.05, 0.1) is 37.3 Å². The Morgan fingerprint density at radius 2 is 0.961 bits per heavy atom. The summed E-state index contributed by atoms with van der Waals surface area (Å²) in [5.41, 5.74) is 2.76. The van der Waals surface area contributed by atoms with Crippen LogP contribution in [0.2, 0.25) is 0 Å². The van der Waals surface area contributed by atoms with Crippen molar-refractivity contribution < 1.29 is 71.2 Å². The van der Waals surface area contributed by atoms with Crippen molar-refractivity contribution in [2.75, 3.05) is 26.8 Å². The number of nitrogens with zero attached hydrogens (tertiary/aromatic N) is 2. The fraction of sp³-hybridized carbons (Fsp3) is 0.462. The molecule has 4 rings (SSSR count). The van der Waals surface area contributed by atoms with E-state index < -0.39 is 81.1 Å². The Labute approximate surface area is 442 Å². The second kappa shape index (κ2) is 31.7. The maximum absolute atomic E-state index is 13.1. The summed E-state index contributed by atoms with van der Waals surface area (Å²) in [6, 6.07) is 14.3. The number of unbranched alkanes of at least 4 members (excludes halogenated alkanes) is 4. The molecule has 0 radical (unpaired) electrons.